The van der Waals surface area contributed by atoms with E-state index < -0.39 is 31.9 Å². The van der Waals surface area contributed by atoms with Gasteiger partial charge in [0, 0.05) is 48.7 Å². The monoisotopic (exact) mass is 614 g/mol. The molecule has 0 bridgehead atoms. The highest BCUT2D eigenvalue weighted by Crippen LogP contribution is 2.21. The topological polar surface area (TPSA) is 151 Å². The first kappa shape index (κ1) is 29.8. The second-order valence-electron chi connectivity index (χ2n) is 9.57. The highest BCUT2D eigenvalue weighted by Gasteiger charge is 2.27. The smallest absolute Gasteiger partial charge is 0.255 e. The zero-order valence-electron chi connectivity index (χ0n) is 22.6. The molecule has 2 heterocycles. The third-order valence-electron chi connectivity index (χ3n) is 6.83. The molecular formula is C28H30N4O8S2. The quantitative estimate of drug-likeness (QED) is 0.392. The van der Waals surface area contributed by atoms with Crippen molar-refractivity contribution in [2.24, 2.45) is 0 Å². The van der Waals surface area contributed by atoms with E-state index in [2.05, 4.69) is 10.6 Å². The minimum Gasteiger partial charge on any atom is -0.379 e. The molecule has 0 atom stereocenters. The summed E-state index contributed by atoms with van der Waals surface area (Å²) in [7, 11) is -7.35. The van der Waals surface area contributed by atoms with Crippen LogP contribution in [0.15, 0.2) is 82.6 Å². The number of ether oxygens (including phenoxy) is 2. The summed E-state index contributed by atoms with van der Waals surface area (Å²) in [5.41, 5.74) is 1.35. The van der Waals surface area contributed by atoms with Crippen molar-refractivity contribution < 1.29 is 35.9 Å². The van der Waals surface area contributed by atoms with Crippen LogP contribution in [0.4, 0.5) is 11.4 Å². The summed E-state index contributed by atoms with van der Waals surface area (Å²) in [6, 6.07) is 17.9. The van der Waals surface area contributed by atoms with Crippen LogP contribution in [0.25, 0.3) is 0 Å². The maximum atomic E-state index is 12.8. The average molecular weight is 615 g/mol. The molecule has 222 valence electrons. The molecule has 0 aromatic heterocycles. The van der Waals surface area contributed by atoms with Gasteiger partial charge in [-0.1, -0.05) is 6.07 Å². The first-order valence-corrected chi connectivity index (χ1v) is 16.1. The molecule has 2 aliphatic rings. The fraction of sp³-hybridized carbons (Fsp3) is 0.286. The van der Waals surface area contributed by atoms with Crippen LogP contribution < -0.4 is 10.6 Å². The Bertz CT molecular complexity index is 1530. The summed E-state index contributed by atoms with van der Waals surface area (Å²) in [6.07, 6.45) is 0. The average Bonchev–Trinajstić information content (AvgIpc) is 3.02. The standard InChI is InChI=1S/C28H30N4O8S2/c33-27(21-4-8-25(9-5-21)41(35,36)31-12-16-39-17-13-31)29-23-2-1-3-24(20-23)30-28(34)22-6-10-26(11-7-22)42(37,38)32-14-18-40-19-15-32/h1-11,20H,12-19H2,(H,29,33)(H,30,34). The fourth-order valence-corrected chi connectivity index (χ4v) is 7.33. The molecule has 0 saturated carbocycles. The predicted molar refractivity (Wildman–Crippen MR) is 154 cm³/mol. The summed E-state index contributed by atoms with van der Waals surface area (Å²) >= 11 is 0. The minimum absolute atomic E-state index is 0.0948. The minimum atomic E-state index is -3.67. The van der Waals surface area contributed by atoms with Crippen molar-refractivity contribution in [3.63, 3.8) is 0 Å². The van der Waals surface area contributed by atoms with Crippen molar-refractivity contribution in [2.45, 2.75) is 9.79 Å². The van der Waals surface area contributed by atoms with E-state index in [1.807, 2.05) is 0 Å². The van der Waals surface area contributed by atoms with Gasteiger partial charge in [-0.2, -0.15) is 8.61 Å². The van der Waals surface area contributed by atoms with Crippen LogP contribution in [-0.4, -0.2) is 89.9 Å². The van der Waals surface area contributed by atoms with Crippen molar-refractivity contribution in [3.05, 3.63) is 83.9 Å². The Balaban J connectivity index is 1.20. The number of hydrogen-bond donors (Lipinski definition) is 2. The van der Waals surface area contributed by atoms with E-state index in [9.17, 15) is 26.4 Å². The first-order chi connectivity index (χ1) is 20.1. The predicted octanol–water partition coefficient (Wildman–Crippen LogP) is 2.23. The van der Waals surface area contributed by atoms with E-state index >= 15 is 0 Å². The van der Waals surface area contributed by atoms with Gasteiger partial charge in [-0.3, -0.25) is 9.59 Å². The van der Waals surface area contributed by atoms with Crippen molar-refractivity contribution in [1.29, 1.82) is 0 Å². The SMILES string of the molecule is O=C(Nc1cccc(NC(=O)c2ccc(S(=O)(=O)N3CCOCC3)cc2)c1)c1ccc(S(=O)(=O)N2CCOCC2)cc1. The van der Waals surface area contributed by atoms with Crippen LogP contribution in [0, 0.1) is 0 Å². The molecule has 0 radical (unpaired) electrons. The number of carbonyl (C=O) groups excluding carboxylic acids is 2. The Hall–Kier alpha value is -3.66. The number of benzene rings is 3. The van der Waals surface area contributed by atoms with E-state index in [0.717, 1.165) is 0 Å². The third kappa shape index (κ3) is 6.69. The number of anilines is 2. The molecule has 2 saturated heterocycles. The fourth-order valence-electron chi connectivity index (χ4n) is 4.51. The van der Waals surface area contributed by atoms with Gasteiger partial charge >= 0.3 is 0 Å². The molecule has 42 heavy (non-hydrogen) atoms. The lowest BCUT2D eigenvalue weighted by atomic mass is 10.2. The van der Waals surface area contributed by atoms with Crippen LogP contribution in [0.1, 0.15) is 20.7 Å². The molecule has 2 N–H and O–H groups in total. The second kappa shape index (κ2) is 12.7. The van der Waals surface area contributed by atoms with Crippen LogP contribution in [0.2, 0.25) is 0 Å². The lowest BCUT2D eigenvalue weighted by Gasteiger charge is -2.26. The molecule has 12 nitrogen and oxygen atoms in total. The molecule has 14 heteroatoms. The number of carbonyl (C=O) groups is 2. The van der Waals surface area contributed by atoms with Gasteiger partial charge in [-0.05, 0) is 66.7 Å². The van der Waals surface area contributed by atoms with E-state index in [4.69, 9.17) is 9.47 Å². The summed E-state index contributed by atoms with van der Waals surface area (Å²) < 4.78 is 64.4. The van der Waals surface area contributed by atoms with Crippen LogP contribution in [-0.2, 0) is 29.5 Å². The van der Waals surface area contributed by atoms with Crippen LogP contribution in [0.3, 0.4) is 0 Å². The van der Waals surface area contributed by atoms with Gasteiger partial charge < -0.3 is 20.1 Å². The maximum absolute atomic E-state index is 12.8. The Labute approximate surface area is 244 Å². The molecule has 5 rings (SSSR count). The molecular weight excluding hydrogens is 584 g/mol. The third-order valence-corrected chi connectivity index (χ3v) is 10.7. The number of nitrogens with one attached hydrogen (secondary N) is 2. The van der Waals surface area contributed by atoms with Crippen molar-refractivity contribution in [3.8, 4) is 0 Å². The summed E-state index contributed by atoms with van der Waals surface area (Å²) in [5, 5.41) is 5.48. The van der Waals surface area contributed by atoms with Gasteiger partial charge in [-0.25, -0.2) is 16.8 Å². The zero-order chi connectivity index (χ0) is 29.7. The van der Waals surface area contributed by atoms with Gasteiger partial charge in [-0.15, -0.1) is 0 Å². The number of rotatable bonds is 8. The van der Waals surface area contributed by atoms with Crippen molar-refractivity contribution in [2.75, 3.05) is 63.2 Å². The molecule has 2 fully saturated rings. The summed E-state index contributed by atoms with van der Waals surface area (Å²) in [6.45, 7) is 2.46. The number of amides is 2. The largest absolute Gasteiger partial charge is 0.379 e. The van der Waals surface area contributed by atoms with Crippen LogP contribution >= 0.6 is 0 Å². The Morgan fingerprint density at radius 3 is 1.29 bits per heavy atom. The molecule has 0 spiro atoms. The van der Waals surface area contributed by atoms with Gasteiger partial charge in [0.15, 0.2) is 0 Å². The highest BCUT2D eigenvalue weighted by molar-refractivity contribution is 7.89. The van der Waals surface area contributed by atoms with Gasteiger partial charge in [0.1, 0.15) is 0 Å². The summed E-state index contributed by atoms with van der Waals surface area (Å²) in [4.78, 5) is 25.8. The van der Waals surface area contributed by atoms with Crippen molar-refractivity contribution in [1.82, 2.24) is 8.61 Å². The number of morpholine rings is 2. The number of sulfonamides is 2. The van der Waals surface area contributed by atoms with Crippen molar-refractivity contribution >= 4 is 43.2 Å². The molecule has 0 unspecified atom stereocenters. The second-order valence-corrected chi connectivity index (χ2v) is 13.4. The van der Waals surface area contributed by atoms with Gasteiger partial charge in [0.05, 0.1) is 36.2 Å². The van der Waals surface area contributed by atoms with E-state index in [1.54, 1.807) is 24.3 Å². The molecule has 3 aromatic carbocycles. The lowest BCUT2D eigenvalue weighted by molar-refractivity contribution is 0.0730. The van der Waals surface area contributed by atoms with E-state index in [1.165, 1.54) is 57.1 Å². The Morgan fingerprint density at radius 2 is 0.929 bits per heavy atom. The van der Waals surface area contributed by atoms with Crippen LogP contribution in [0.5, 0.6) is 0 Å². The Morgan fingerprint density at radius 1 is 0.571 bits per heavy atom. The number of hydrogen-bond acceptors (Lipinski definition) is 8. The normalized spacial score (nSPS) is 17.0. The molecule has 2 amide bonds. The maximum Gasteiger partial charge on any atom is 0.255 e. The molecule has 2 aliphatic heterocycles. The lowest BCUT2D eigenvalue weighted by Crippen LogP contribution is -2.40. The summed E-state index contributed by atoms with van der Waals surface area (Å²) in [5.74, 6) is -0.906. The highest BCUT2D eigenvalue weighted by atomic mass is 32.2. The molecule has 0 aliphatic carbocycles. The Kier molecular flexibility index (Phi) is 9.01. The van der Waals surface area contributed by atoms with E-state index in [-0.39, 0.29) is 47.1 Å². The van der Waals surface area contributed by atoms with E-state index in [0.29, 0.717) is 37.8 Å². The van der Waals surface area contributed by atoms with Gasteiger partial charge in [0.25, 0.3) is 11.8 Å². The molecule has 3 aromatic rings. The van der Waals surface area contributed by atoms with Gasteiger partial charge in [0.2, 0.25) is 20.0 Å². The zero-order valence-corrected chi connectivity index (χ0v) is 24.2. The first-order valence-electron chi connectivity index (χ1n) is 13.2. The number of nitrogens with zero attached hydrogens (tertiary/aromatic N) is 2.